The lowest BCUT2D eigenvalue weighted by Crippen LogP contribution is -2.49. The molecule has 1 rings (SSSR count). The van der Waals surface area contributed by atoms with Crippen LogP contribution < -0.4 is 10.6 Å². The molecule has 0 aromatic carbocycles. The number of hydrogen-bond donors (Lipinski definition) is 3. The standard InChI is InChI=1S/C13H20N2O4/c1-4-8(2)11(12(16)17)15-13(18)14-9(3)10-6-5-7-19-10/h5-9,11H,4H2,1-3H3,(H,16,17)(H2,14,15,18)/t8-,9?,11-/m0/s1. The summed E-state index contributed by atoms with van der Waals surface area (Å²) >= 11 is 0. The van der Waals surface area contributed by atoms with Crippen molar-refractivity contribution in [1.82, 2.24) is 10.6 Å². The Morgan fingerprint density at radius 3 is 2.53 bits per heavy atom. The molecular weight excluding hydrogens is 248 g/mol. The predicted molar refractivity (Wildman–Crippen MR) is 69.7 cm³/mol. The van der Waals surface area contributed by atoms with E-state index in [4.69, 9.17) is 9.52 Å². The number of carbonyl (C=O) groups excluding carboxylic acids is 1. The molecule has 0 aliphatic carbocycles. The van der Waals surface area contributed by atoms with E-state index in [1.165, 1.54) is 6.26 Å². The SMILES string of the molecule is CC[C@H](C)[C@H](NC(=O)NC(C)c1ccco1)C(=O)O. The van der Waals surface area contributed by atoms with Gasteiger partial charge in [-0.15, -0.1) is 0 Å². The first-order valence-electron chi connectivity index (χ1n) is 6.29. The topological polar surface area (TPSA) is 91.6 Å². The highest BCUT2D eigenvalue weighted by Crippen LogP contribution is 2.12. The molecule has 6 heteroatoms. The van der Waals surface area contributed by atoms with Crippen LogP contribution in [0.2, 0.25) is 0 Å². The van der Waals surface area contributed by atoms with Gasteiger partial charge in [0.1, 0.15) is 11.8 Å². The fourth-order valence-electron chi connectivity index (χ4n) is 1.67. The minimum absolute atomic E-state index is 0.137. The van der Waals surface area contributed by atoms with E-state index in [0.29, 0.717) is 12.2 Å². The largest absolute Gasteiger partial charge is 0.480 e. The lowest BCUT2D eigenvalue weighted by atomic mass is 9.99. The Kier molecular flexibility index (Phi) is 5.41. The zero-order chi connectivity index (χ0) is 14.4. The van der Waals surface area contributed by atoms with Crippen LogP contribution in [0.3, 0.4) is 0 Å². The summed E-state index contributed by atoms with van der Waals surface area (Å²) in [6.07, 6.45) is 2.19. The number of hydrogen-bond acceptors (Lipinski definition) is 3. The molecule has 1 aromatic heterocycles. The Bertz CT molecular complexity index is 416. The van der Waals surface area contributed by atoms with E-state index >= 15 is 0 Å². The van der Waals surface area contributed by atoms with Crippen molar-refractivity contribution in [1.29, 1.82) is 0 Å². The summed E-state index contributed by atoms with van der Waals surface area (Å²) in [5, 5.41) is 14.2. The molecule has 0 spiro atoms. The van der Waals surface area contributed by atoms with Crippen LogP contribution >= 0.6 is 0 Å². The highest BCUT2D eigenvalue weighted by atomic mass is 16.4. The summed E-state index contributed by atoms with van der Waals surface area (Å²) in [5.41, 5.74) is 0. The first-order chi connectivity index (χ1) is 8.95. The quantitative estimate of drug-likeness (QED) is 0.737. The number of urea groups is 1. The maximum atomic E-state index is 11.8. The van der Waals surface area contributed by atoms with Gasteiger partial charge in [0.05, 0.1) is 12.3 Å². The minimum Gasteiger partial charge on any atom is -0.480 e. The van der Waals surface area contributed by atoms with Gasteiger partial charge < -0.3 is 20.2 Å². The van der Waals surface area contributed by atoms with Crippen LogP contribution in [0, 0.1) is 5.92 Å². The van der Waals surface area contributed by atoms with Gasteiger partial charge in [0.15, 0.2) is 0 Å². The summed E-state index contributed by atoms with van der Waals surface area (Å²) in [5.74, 6) is -0.553. The molecule has 6 nitrogen and oxygen atoms in total. The molecule has 0 radical (unpaired) electrons. The molecule has 0 aliphatic rings. The van der Waals surface area contributed by atoms with Gasteiger partial charge in [-0.1, -0.05) is 20.3 Å². The molecule has 1 unspecified atom stereocenters. The van der Waals surface area contributed by atoms with Gasteiger partial charge >= 0.3 is 12.0 Å². The fourth-order valence-corrected chi connectivity index (χ4v) is 1.67. The van der Waals surface area contributed by atoms with Crippen molar-refractivity contribution < 1.29 is 19.1 Å². The number of furan rings is 1. The van der Waals surface area contributed by atoms with E-state index < -0.39 is 18.0 Å². The highest BCUT2D eigenvalue weighted by molar-refractivity contribution is 5.82. The van der Waals surface area contributed by atoms with Gasteiger partial charge in [-0.05, 0) is 25.0 Å². The molecule has 3 atom stereocenters. The van der Waals surface area contributed by atoms with Crippen molar-refractivity contribution in [2.75, 3.05) is 0 Å². The zero-order valence-corrected chi connectivity index (χ0v) is 11.3. The fraction of sp³-hybridized carbons (Fsp3) is 0.538. The molecule has 0 saturated carbocycles. The second-order valence-electron chi connectivity index (χ2n) is 4.56. The van der Waals surface area contributed by atoms with Crippen LogP contribution in [-0.4, -0.2) is 23.1 Å². The summed E-state index contributed by atoms with van der Waals surface area (Å²) < 4.78 is 5.16. The first kappa shape index (κ1) is 15.1. The van der Waals surface area contributed by atoms with E-state index in [0.717, 1.165) is 0 Å². The number of nitrogens with one attached hydrogen (secondary N) is 2. The van der Waals surface area contributed by atoms with Crippen LogP contribution in [0.25, 0.3) is 0 Å². The third kappa shape index (κ3) is 4.31. The molecule has 0 bridgehead atoms. The normalized spacial score (nSPS) is 15.3. The number of aliphatic carboxylic acids is 1. The zero-order valence-electron chi connectivity index (χ0n) is 11.3. The molecular formula is C13H20N2O4. The minimum atomic E-state index is -1.03. The van der Waals surface area contributed by atoms with Crippen molar-refractivity contribution in [3.8, 4) is 0 Å². The van der Waals surface area contributed by atoms with Crippen molar-refractivity contribution in [3.05, 3.63) is 24.2 Å². The number of carboxylic acid groups (broad SMARTS) is 1. The molecule has 0 aliphatic heterocycles. The molecule has 106 valence electrons. The van der Waals surface area contributed by atoms with Gasteiger partial charge in [-0.25, -0.2) is 9.59 Å². The van der Waals surface area contributed by atoms with Crippen LogP contribution in [0.5, 0.6) is 0 Å². The molecule has 2 amide bonds. The third-order valence-electron chi connectivity index (χ3n) is 3.08. The highest BCUT2D eigenvalue weighted by Gasteiger charge is 2.25. The van der Waals surface area contributed by atoms with E-state index in [1.54, 1.807) is 26.0 Å². The second-order valence-corrected chi connectivity index (χ2v) is 4.56. The van der Waals surface area contributed by atoms with Gasteiger partial charge in [-0.3, -0.25) is 0 Å². The number of carboxylic acids is 1. The van der Waals surface area contributed by atoms with Crippen molar-refractivity contribution in [2.24, 2.45) is 5.92 Å². The van der Waals surface area contributed by atoms with Gasteiger partial charge in [0, 0.05) is 0 Å². The maximum absolute atomic E-state index is 11.8. The van der Waals surface area contributed by atoms with E-state index in [9.17, 15) is 9.59 Å². The summed E-state index contributed by atoms with van der Waals surface area (Å²) in [7, 11) is 0. The Balaban J connectivity index is 2.56. The van der Waals surface area contributed by atoms with Crippen molar-refractivity contribution >= 4 is 12.0 Å². The lowest BCUT2D eigenvalue weighted by molar-refractivity contribution is -0.140. The van der Waals surface area contributed by atoms with Gasteiger partial charge in [-0.2, -0.15) is 0 Å². The monoisotopic (exact) mass is 268 g/mol. The molecule has 3 N–H and O–H groups in total. The van der Waals surface area contributed by atoms with E-state index in [-0.39, 0.29) is 12.0 Å². The Morgan fingerprint density at radius 2 is 2.05 bits per heavy atom. The van der Waals surface area contributed by atoms with Crippen LogP contribution in [-0.2, 0) is 4.79 Å². The molecule has 1 heterocycles. The Labute approximate surface area is 112 Å². The Hall–Kier alpha value is -1.98. The maximum Gasteiger partial charge on any atom is 0.326 e. The van der Waals surface area contributed by atoms with E-state index in [1.807, 2.05) is 6.92 Å². The summed E-state index contributed by atoms with van der Waals surface area (Å²) in [6.45, 7) is 5.43. The van der Waals surface area contributed by atoms with Crippen LogP contribution in [0.15, 0.2) is 22.8 Å². The molecule has 1 aromatic rings. The molecule has 0 saturated heterocycles. The van der Waals surface area contributed by atoms with Crippen LogP contribution in [0.1, 0.15) is 39.0 Å². The van der Waals surface area contributed by atoms with E-state index in [2.05, 4.69) is 10.6 Å². The summed E-state index contributed by atoms with van der Waals surface area (Å²) in [6, 6.07) is 1.74. The second kappa shape index (κ2) is 6.82. The summed E-state index contributed by atoms with van der Waals surface area (Å²) in [4.78, 5) is 22.8. The smallest absolute Gasteiger partial charge is 0.326 e. The average Bonchev–Trinajstić information content (AvgIpc) is 2.88. The van der Waals surface area contributed by atoms with Crippen LogP contribution in [0.4, 0.5) is 4.79 Å². The van der Waals surface area contributed by atoms with Gasteiger partial charge in [0.25, 0.3) is 0 Å². The molecule has 19 heavy (non-hydrogen) atoms. The number of rotatable bonds is 6. The number of amides is 2. The van der Waals surface area contributed by atoms with Gasteiger partial charge in [0.2, 0.25) is 0 Å². The average molecular weight is 268 g/mol. The first-order valence-corrected chi connectivity index (χ1v) is 6.29. The number of carbonyl (C=O) groups is 2. The predicted octanol–water partition coefficient (Wildman–Crippen LogP) is 2.14. The Morgan fingerprint density at radius 1 is 1.37 bits per heavy atom. The lowest BCUT2D eigenvalue weighted by Gasteiger charge is -2.21. The van der Waals surface area contributed by atoms with Crippen molar-refractivity contribution in [2.45, 2.75) is 39.3 Å². The third-order valence-corrected chi connectivity index (χ3v) is 3.08. The van der Waals surface area contributed by atoms with Crippen molar-refractivity contribution in [3.63, 3.8) is 0 Å². The molecule has 0 fully saturated rings.